The molecular weight excluding hydrogens is 141 g/mol. The van der Waals surface area contributed by atoms with Gasteiger partial charge in [0.25, 0.3) is 0 Å². The maximum absolute atomic E-state index is 2.19. The monoisotopic (exact) mass is 148 g/mol. The summed E-state index contributed by atoms with van der Waals surface area (Å²) >= 11 is 0.661. The second-order valence-electron chi connectivity index (χ2n) is 1.19. The van der Waals surface area contributed by atoms with Crippen molar-refractivity contribution >= 4 is 14.5 Å². The zero-order valence-electron chi connectivity index (χ0n) is 3.59. The fourth-order valence-electron chi connectivity index (χ4n) is 0.297. The molecule has 0 aromatic carbocycles. The Kier molecular flexibility index (Phi) is 1.08. The molecule has 1 aromatic rings. The van der Waals surface area contributed by atoms with Crippen molar-refractivity contribution in [2.75, 3.05) is 0 Å². The first-order valence-corrected chi connectivity index (χ1v) is 3.75. The molecule has 0 saturated carbocycles. The summed E-state index contributed by atoms with van der Waals surface area (Å²) in [5.74, 6) is 0. The van der Waals surface area contributed by atoms with Crippen molar-refractivity contribution in [2.45, 2.75) is 0 Å². The van der Waals surface area contributed by atoms with E-state index in [2.05, 4.69) is 20.8 Å². The van der Waals surface area contributed by atoms with Crippen LogP contribution in [0.1, 0.15) is 0 Å². The number of aryl methyl sites for hydroxylation is 1. The van der Waals surface area contributed by atoms with Gasteiger partial charge in [-0.05, 0) is 0 Å². The SMILES string of the molecule is C[n+]1cc[se]c1. The topological polar surface area (TPSA) is 3.88 Å². The average molecular weight is 147 g/mol. The normalized spacial score (nSPS) is 8.83. The first kappa shape index (κ1) is 4.10. The Hall–Kier alpha value is -0.0705. The minimum atomic E-state index is 0.661. The number of nitrogens with zero attached hydrogens (tertiary/aromatic N) is 1. The molecule has 0 aliphatic carbocycles. The van der Waals surface area contributed by atoms with Crippen LogP contribution in [0, 0.1) is 0 Å². The Bertz CT molecular complexity index is 111. The summed E-state index contributed by atoms with van der Waals surface area (Å²) in [5, 5.41) is 2.19. The number of rotatable bonds is 0. The standard InChI is InChI=1S/C4H6NSe/c1-5-2-3-6-4-5/h2-4H,1H3/q+1. The third-order valence-corrected chi connectivity index (χ3v) is 2.14. The van der Waals surface area contributed by atoms with Crippen molar-refractivity contribution < 1.29 is 4.57 Å². The van der Waals surface area contributed by atoms with Gasteiger partial charge in [0.2, 0.25) is 0 Å². The van der Waals surface area contributed by atoms with E-state index in [4.69, 9.17) is 0 Å². The molecule has 0 amide bonds. The summed E-state index contributed by atoms with van der Waals surface area (Å²) in [7, 11) is 2.05. The van der Waals surface area contributed by atoms with Gasteiger partial charge in [0.1, 0.15) is 0 Å². The molecule has 1 heterocycles. The fourth-order valence-corrected chi connectivity index (χ4v) is 1.55. The predicted octanol–water partition coefficient (Wildman–Crippen LogP) is -0.432. The van der Waals surface area contributed by atoms with Gasteiger partial charge >= 0.3 is 42.3 Å². The van der Waals surface area contributed by atoms with Gasteiger partial charge in [0.15, 0.2) is 0 Å². The predicted molar refractivity (Wildman–Crippen MR) is 24.6 cm³/mol. The first-order valence-electron chi connectivity index (χ1n) is 1.77. The Morgan fingerprint density at radius 3 is 2.67 bits per heavy atom. The summed E-state index contributed by atoms with van der Waals surface area (Å²) in [5.41, 5.74) is 0. The summed E-state index contributed by atoms with van der Waals surface area (Å²) in [6.07, 6.45) is 2.08. The second-order valence-corrected chi connectivity index (χ2v) is 2.78. The van der Waals surface area contributed by atoms with Crippen LogP contribution >= 0.6 is 0 Å². The molecule has 0 bridgehead atoms. The van der Waals surface area contributed by atoms with E-state index in [1.54, 1.807) is 0 Å². The molecule has 2 heteroatoms. The molecule has 0 N–H and O–H groups in total. The van der Waals surface area contributed by atoms with E-state index in [0.717, 1.165) is 0 Å². The molecule has 6 heavy (non-hydrogen) atoms. The van der Waals surface area contributed by atoms with Crippen LogP contribution in [0.15, 0.2) is 16.2 Å². The van der Waals surface area contributed by atoms with Gasteiger partial charge < -0.3 is 0 Å². The van der Waals surface area contributed by atoms with Crippen molar-refractivity contribution in [1.29, 1.82) is 0 Å². The number of hydrogen-bond acceptors (Lipinski definition) is 0. The van der Waals surface area contributed by atoms with E-state index in [1.807, 2.05) is 7.05 Å². The third kappa shape index (κ3) is 0.702. The van der Waals surface area contributed by atoms with Crippen LogP contribution in [0.25, 0.3) is 0 Å². The van der Waals surface area contributed by atoms with Crippen LogP contribution in [0.5, 0.6) is 0 Å². The van der Waals surface area contributed by atoms with Crippen LogP contribution in [-0.2, 0) is 7.05 Å². The zero-order valence-corrected chi connectivity index (χ0v) is 5.30. The summed E-state index contributed by atoms with van der Waals surface area (Å²) in [6, 6.07) is 0. The molecule has 1 rings (SSSR count). The summed E-state index contributed by atoms with van der Waals surface area (Å²) in [6.45, 7) is 0. The summed E-state index contributed by atoms with van der Waals surface area (Å²) < 4.78 is 2.08. The van der Waals surface area contributed by atoms with Crippen molar-refractivity contribution in [1.82, 2.24) is 0 Å². The minimum absolute atomic E-state index is 0.661. The Morgan fingerprint density at radius 2 is 2.50 bits per heavy atom. The van der Waals surface area contributed by atoms with Gasteiger partial charge in [-0.3, -0.25) is 0 Å². The van der Waals surface area contributed by atoms with Crippen molar-refractivity contribution in [3.8, 4) is 0 Å². The molecule has 0 radical (unpaired) electrons. The van der Waals surface area contributed by atoms with Gasteiger partial charge in [0.05, 0.1) is 0 Å². The van der Waals surface area contributed by atoms with Crippen molar-refractivity contribution in [3.05, 3.63) is 16.2 Å². The molecule has 0 atom stereocenters. The third-order valence-electron chi connectivity index (χ3n) is 0.602. The van der Waals surface area contributed by atoms with Crippen LogP contribution in [0.2, 0.25) is 0 Å². The molecule has 0 saturated heterocycles. The summed E-state index contributed by atoms with van der Waals surface area (Å²) in [4.78, 5) is 2.19. The van der Waals surface area contributed by atoms with E-state index < -0.39 is 0 Å². The van der Waals surface area contributed by atoms with Gasteiger partial charge in [-0.15, -0.1) is 0 Å². The quantitative estimate of drug-likeness (QED) is 0.346. The van der Waals surface area contributed by atoms with E-state index in [-0.39, 0.29) is 0 Å². The van der Waals surface area contributed by atoms with Crippen LogP contribution in [0.3, 0.4) is 0 Å². The second kappa shape index (κ2) is 1.59. The van der Waals surface area contributed by atoms with Gasteiger partial charge in [-0.25, -0.2) is 0 Å². The molecule has 0 spiro atoms. The van der Waals surface area contributed by atoms with E-state index in [9.17, 15) is 0 Å². The molecule has 0 aliphatic rings. The van der Waals surface area contributed by atoms with Gasteiger partial charge in [-0.1, -0.05) is 0 Å². The molecule has 0 unspecified atom stereocenters. The number of hydrogen-bond donors (Lipinski definition) is 0. The Labute approximate surface area is 43.0 Å². The fraction of sp³-hybridized carbons (Fsp3) is 0.250. The molecule has 0 aliphatic heterocycles. The van der Waals surface area contributed by atoms with E-state index in [0.29, 0.717) is 14.5 Å². The molecule has 1 aromatic heterocycles. The molecular formula is C4H6NSe+. The molecule has 0 fully saturated rings. The van der Waals surface area contributed by atoms with Gasteiger partial charge in [-0.2, -0.15) is 0 Å². The first-order chi connectivity index (χ1) is 2.89. The number of aromatic nitrogens is 1. The van der Waals surface area contributed by atoms with Gasteiger partial charge in [0, 0.05) is 0 Å². The van der Waals surface area contributed by atoms with Crippen molar-refractivity contribution in [3.63, 3.8) is 0 Å². The van der Waals surface area contributed by atoms with Crippen LogP contribution in [0.4, 0.5) is 0 Å². The van der Waals surface area contributed by atoms with E-state index in [1.165, 1.54) is 0 Å². The molecule has 1 nitrogen and oxygen atoms in total. The van der Waals surface area contributed by atoms with E-state index >= 15 is 0 Å². The Balaban J connectivity index is 3.05. The zero-order chi connectivity index (χ0) is 4.41. The maximum atomic E-state index is 2.19. The Morgan fingerprint density at radius 1 is 1.67 bits per heavy atom. The van der Waals surface area contributed by atoms with Crippen LogP contribution < -0.4 is 4.57 Å². The van der Waals surface area contributed by atoms with Crippen LogP contribution in [-0.4, -0.2) is 14.5 Å². The average Bonchev–Trinajstić information content (AvgIpc) is 1.86. The molecule has 32 valence electrons. The van der Waals surface area contributed by atoms with Crippen molar-refractivity contribution in [2.24, 2.45) is 7.05 Å².